The molecular formula is C16H21N5O2S. The molecule has 128 valence electrons. The number of imide groups is 1. The van der Waals surface area contributed by atoms with Crippen molar-refractivity contribution in [3.63, 3.8) is 0 Å². The lowest BCUT2D eigenvalue weighted by molar-refractivity contribution is -0.117. The molecule has 0 unspecified atom stereocenters. The van der Waals surface area contributed by atoms with Gasteiger partial charge in [-0.25, -0.2) is 4.79 Å². The van der Waals surface area contributed by atoms with Crippen LogP contribution in [0.3, 0.4) is 0 Å². The van der Waals surface area contributed by atoms with Gasteiger partial charge >= 0.3 is 6.03 Å². The molecule has 0 spiro atoms. The van der Waals surface area contributed by atoms with E-state index in [4.69, 9.17) is 0 Å². The molecule has 1 heterocycles. The van der Waals surface area contributed by atoms with Gasteiger partial charge in [-0.2, -0.15) is 0 Å². The van der Waals surface area contributed by atoms with Crippen molar-refractivity contribution >= 4 is 23.7 Å². The van der Waals surface area contributed by atoms with Gasteiger partial charge in [0.15, 0.2) is 11.0 Å². The summed E-state index contributed by atoms with van der Waals surface area (Å²) in [6, 6.07) is 9.24. The number of carbonyl (C=O) groups excluding carboxylic acids is 2. The van der Waals surface area contributed by atoms with E-state index < -0.39 is 6.03 Å². The third kappa shape index (κ3) is 4.82. The van der Waals surface area contributed by atoms with E-state index >= 15 is 0 Å². The van der Waals surface area contributed by atoms with Crippen LogP contribution >= 0.6 is 11.8 Å². The zero-order valence-electron chi connectivity index (χ0n) is 13.9. The van der Waals surface area contributed by atoms with E-state index in [1.54, 1.807) is 0 Å². The molecule has 3 amide bonds. The van der Waals surface area contributed by atoms with Gasteiger partial charge in [-0.05, 0) is 20.8 Å². The minimum absolute atomic E-state index is 0.0259. The van der Waals surface area contributed by atoms with Crippen molar-refractivity contribution in [2.75, 3.05) is 5.75 Å². The number of nitrogens with one attached hydrogen (secondary N) is 2. The van der Waals surface area contributed by atoms with Gasteiger partial charge in [-0.15, -0.1) is 10.2 Å². The number of amides is 3. The van der Waals surface area contributed by atoms with Crippen molar-refractivity contribution in [3.05, 3.63) is 30.3 Å². The molecule has 0 saturated carbocycles. The molecule has 0 aliphatic heterocycles. The van der Waals surface area contributed by atoms with E-state index in [1.807, 2.05) is 55.7 Å². The van der Waals surface area contributed by atoms with E-state index in [-0.39, 0.29) is 17.7 Å². The quantitative estimate of drug-likeness (QED) is 0.783. The fourth-order valence-electron chi connectivity index (χ4n) is 2.07. The zero-order chi connectivity index (χ0) is 17.5. The SMILES string of the molecule is CCn1c(SCC(=O)NC(=O)NC(C)C)nnc1-c1ccccc1. The molecule has 0 aliphatic carbocycles. The highest BCUT2D eigenvalue weighted by Gasteiger charge is 2.15. The summed E-state index contributed by atoms with van der Waals surface area (Å²) in [6.07, 6.45) is 0. The highest BCUT2D eigenvalue weighted by Crippen LogP contribution is 2.23. The summed E-state index contributed by atoms with van der Waals surface area (Å²) in [6.45, 7) is 6.34. The second kappa shape index (κ2) is 8.49. The van der Waals surface area contributed by atoms with Gasteiger partial charge in [0.1, 0.15) is 0 Å². The van der Waals surface area contributed by atoms with Crippen LogP contribution in [0.5, 0.6) is 0 Å². The van der Waals surface area contributed by atoms with E-state index in [1.165, 1.54) is 11.8 Å². The van der Waals surface area contributed by atoms with Crippen LogP contribution in [-0.4, -0.2) is 38.5 Å². The minimum atomic E-state index is -0.488. The van der Waals surface area contributed by atoms with Crippen LogP contribution in [0.25, 0.3) is 11.4 Å². The number of hydrogen-bond donors (Lipinski definition) is 2. The third-order valence-corrected chi connectivity index (χ3v) is 4.04. The van der Waals surface area contributed by atoms with Crippen molar-refractivity contribution < 1.29 is 9.59 Å². The van der Waals surface area contributed by atoms with Gasteiger partial charge in [0.25, 0.3) is 0 Å². The first kappa shape index (κ1) is 18.0. The summed E-state index contributed by atoms with van der Waals surface area (Å²) in [7, 11) is 0. The van der Waals surface area contributed by atoms with Crippen LogP contribution in [0.15, 0.2) is 35.5 Å². The molecule has 2 N–H and O–H groups in total. The van der Waals surface area contributed by atoms with Crippen molar-refractivity contribution in [2.45, 2.75) is 38.5 Å². The maximum absolute atomic E-state index is 11.8. The summed E-state index contributed by atoms with van der Waals surface area (Å²) in [5, 5.41) is 13.9. The topological polar surface area (TPSA) is 88.9 Å². The summed E-state index contributed by atoms with van der Waals surface area (Å²) in [4.78, 5) is 23.3. The molecule has 0 radical (unpaired) electrons. The Hall–Kier alpha value is -2.35. The van der Waals surface area contributed by atoms with Gasteiger partial charge in [0.05, 0.1) is 5.75 Å². The maximum atomic E-state index is 11.8. The van der Waals surface area contributed by atoms with Gasteiger partial charge in [-0.1, -0.05) is 42.1 Å². The molecule has 8 heteroatoms. The van der Waals surface area contributed by atoms with Crippen LogP contribution < -0.4 is 10.6 Å². The number of urea groups is 1. The van der Waals surface area contributed by atoms with Gasteiger partial charge in [0, 0.05) is 18.2 Å². The lowest BCUT2D eigenvalue weighted by Crippen LogP contribution is -2.43. The Labute approximate surface area is 145 Å². The fraction of sp³-hybridized carbons (Fsp3) is 0.375. The van der Waals surface area contributed by atoms with Crippen molar-refractivity contribution in [2.24, 2.45) is 0 Å². The van der Waals surface area contributed by atoms with Crippen LogP contribution in [0.1, 0.15) is 20.8 Å². The van der Waals surface area contributed by atoms with Crippen LogP contribution in [0.4, 0.5) is 4.79 Å². The van der Waals surface area contributed by atoms with Crippen LogP contribution in [-0.2, 0) is 11.3 Å². The Morgan fingerprint density at radius 3 is 2.54 bits per heavy atom. The standard InChI is InChI=1S/C16H21N5O2S/c1-4-21-14(12-8-6-5-7-9-12)19-20-16(21)24-10-13(22)18-15(23)17-11(2)3/h5-9,11H,4,10H2,1-3H3,(H2,17,18,22,23). The number of aromatic nitrogens is 3. The normalized spacial score (nSPS) is 10.7. The highest BCUT2D eigenvalue weighted by molar-refractivity contribution is 7.99. The first-order valence-electron chi connectivity index (χ1n) is 7.73. The molecule has 0 aliphatic rings. The van der Waals surface area contributed by atoms with E-state index in [9.17, 15) is 9.59 Å². The lowest BCUT2D eigenvalue weighted by atomic mass is 10.2. The first-order valence-corrected chi connectivity index (χ1v) is 8.71. The molecule has 24 heavy (non-hydrogen) atoms. The Morgan fingerprint density at radius 2 is 1.92 bits per heavy atom. The smallest absolute Gasteiger partial charge is 0.321 e. The summed E-state index contributed by atoms with van der Waals surface area (Å²) in [5.41, 5.74) is 0.972. The highest BCUT2D eigenvalue weighted by atomic mass is 32.2. The zero-order valence-corrected chi connectivity index (χ0v) is 14.8. The van der Waals surface area contributed by atoms with E-state index in [0.717, 1.165) is 11.4 Å². The maximum Gasteiger partial charge on any atom is 0.321 e. The second-order valence-corrected chi connectivity index (χ2v) is 6.32. The first-order chi connectivity index (χ1) is 11.5. The second-order valence-electron chi connectivity index (χ2n) is 5.38. The summed E-state index contributed by atoms with van der Waals surface area (Å²) >= 11 is 1.25. The predicted octanol–water partition coefficient (Wildman–Crippen LogP) is 2.29. The third-order valence-electron chi connectivity index (χ3n) is 3.07. The molecule has 2 aromatic rings. The number of benzene rings is 1. The summed E-state index contributed by atoms with van der Waals surface area (Å²) < 4.78 is 1.95. The monoisotopic (exact) mass is 347 g/mol. The molecule has 1 aromatic heterocycles. The molecule has 0 fully saturated rings. The lowest BCUT2D eigenvalue weighted by Gasteiger charge is -2.09. The Morgan fingerprint density at radius 1 is 1.21 bits per heavy atom. The van der Waals surface area contributed by atoms with E-state index in [0.29, 0.717) is 11.7 Å². The molecular weight excluding hydrogens is 326 g/mol. The van der Waals surface area contributed by atoms with Crippen molar-refractivity contribution in [1.29, 1.82) is 0 Å². The minimum Gasteiger partial charge on any atom is -0.336 e. The Kier molecular flexibility index (Phi) is 6.36. The number of nitrogens with zero attached hydrogens (tertiary/aromatic N) is 3. The number of rotatable bonds is 6. The average molecular weight is 347 g/mol. The molecule has 0 bridgehead atoms. The van der Waals surface area contributed by atoms with Crippen LogP contribution in [0.2, 0.25) is 0 Å². The summed E-state index contributed by atoms with van der Waals surface area (Å²) in [5.74, 6) is 0.488. The van der Waals surface area contributed by atoms with Gasteiger partial charge in [-0.3, -0.25) is 10.1 Å². The molecule has 7 nitrogen and oxygen atoms in total. The number of hydrogen-bond acceptors (Lipinski definition) is 5. The Bertz CT molecular complexity index is 700. The van der Waals surface area contributed by atoms with Gasteiger partial charge in [0.2, 0.25) is 5.91 Å². The predicted molar refractivity (Wildman–Crippen MR) is 93.7 cm³/mol. The fourth-order valence-corrected chi connectivity index (χ4v) is 2.87. The molecule has 2 rings (SSSR count). The largest absolute Gasteiger partial charge is 0.336 e. The number of carbonyl (C=O) groups is 2. The molecule has 1 aromatic carbocycles. The average Bonchev–Trinajstić information content (AvgIpc) is 2.95. The molecule has 0 saturated heterocycles. The number of thioether (sulfide) groups is 1. The molecule has 0 atom stereocenters. The van der Waals surface area contributed by atoms with Crippen molar-refractivity contribution in [1.82, 2.24) is 25.4 Å². The van der Waals surface area contributed by atoms with Crippen molar-refractivity contribution in [3.8, 4) is 11.4 Å². The van der Waals surface area contributed by atoms with E-state index in [2.05, 4.69) is 20.8 Å². The van der Waals surface area contributed by atoms with Crippen LogP contribution in [0, 0.1) is 0 Å². The van der Waals surface area contributed by atoms with Gasteiger partial charge < -0.3 is 9.88 Å². The Balaban J connectivity index is 2.00.